The molecule has 4 aromatic carbocycles. The van der Waals surface area contributed by atoms with Gasteiger partial charge in [0.25, 0.3) is 0 Å². The number of hydrogen-bond acceptors (Lipinski definition) is 0. The Morgan fingerprint density at radius 3 is 1.37 bits per heavy atom. The summed E-state index contributed by atoms with van der Waals surface area (Å²) in [6.45, 7) is 0. The van der Waals surface area contributed by atoms with Gasteiger partial charge in [-0.15, -0.1) is 0 Å². The first kappa shape index (κ1) is 20.2. The topological polar surface area (TPSA) is 0 Å². The van der Waals surface area contributed by atoms with E-state index in [-0.39, 0.29) is 0 Å². The smallest absolute Gasteiger partial charge is 0.0340 e. The fourth-order valence-electron chi connectivity index (χ4n) is 3.02. The molecule has 0 atom stereocenters. The van der Waals surface area contributed by atoms with E-state index in [1.54, 1.807) is 0 Å². The van der Waals surface area contributed by atoms with Crippen LogP contribution in [-0.4, -0.2) is 0 Å². The Morgan fingerprint density at radius 2 is 0.900 bits per heavy atom. The van der Waals surface area contributed by atoms with Crippen molar-refractivity contribution in [1.82, 2.24) is 0 Å². The predicted octanol–water partition coefficient (Wildman–Crippen LogP) is 7.68. The fraction of sp³-hybridized carbons (Fsp3) is 0. The van der Waals surface area contributed by atoms with Crippen LogP contribution in [0, 0.1) is 23.7 Å². The maximum Gasteiger partial charge on any atom is 0.0340 e. The molecule has 0 saturated carbocycles. The fourth-order valence-corrected chi connectivity index (χ4v) is 3.55. The van der Waals surface area contributed by atoms with Gasteiger partial charge in [-0.05, 0) is 66.2 Å². The summed E-state index contributed by atoms with van der Waals surface area (Å²) in [5, 5.41) is 0. The summed E-state index contributed by atoms with van der Waals surface area (Å²) in [6.07, 6.45) is 0. The first-order valence-corrected chi connectivity index (χ1v) is 11.0. The molecule has 0 amide bonds. The first-order valence-electron chi connectivity index (χ1n) is 9.43. The Labute approximate surface area is 194 Å². The van der Waals surface area contributed by atoms with Crippen LogP contribution in [0.25, 0.3) is 11.1 Å². The van der Waals surface area contributed by atoms with E-state index in [2.05, 4.69) is 79.8 Å². The van der Waals surface area contributed by atoms with Gasteiger partial charge in [-0.25, -0.2) is 0 Å². The second-order valence-corrected chi connectivity index (χ2v) is 8.44. The van der Waals surface area contributed by atoms with Crippen LogP contribution in [0.5, 0.6) is 0 Å². The van der Waals surface area contributed by atoms with E-state index in [4.69, 9.17) is 0 Å². The molecule has 2 heteroatoms. The SMILES string of the molecule is Brc1ccc(C#Cc2cccc(C#Cc3ccc(Br)cc3)c2-c2ccccc2)cc1. The molecule has 0 nitrogen and oxygen atoms in total. The Balaban J connectivity index is 1.81. The third kappa shape index (κ3) is 5.11. The van der Waals surface area contributed by atoms with E-state index in [0.29, 0.717) is 0 Å². The minimum Gasteiger partial charge on any atom is -0.0622 e. The summed E-state index contributed by atoms with van der Waals surface area (Å²) < 4.78 is 2.09. The van der Waals surface area contributed by atoms with Gasteiger partial charge in [0.2, 0.25) is 0 Å². The van der Waals surface area contributed by atoms with E-state index in [0.717, 1.165) is 42.3 Å². The monoisotopic (exact) mass is 510 g/mol. The Bertz CT molecular complexity index is 1200. The summed E-state index contributed by atoms with van der Waals surface area (Å²) in [5.74, 6) is 13.3. The highest BCUT2D eigenvalue weighted by atomic mass is 79.9. The lowest BCUT2D eigenvalue weighted by Gasteiger charge is -2.08. The lowest BCUT2D eigenvalue weighted by molar-refractivity contribution is 1.54. The highest BCUT2D eigenvalue weighted by Gasteiger charge is 2.08. The molecule has 0 bridgehead atoms. The molecule has 0 spiro atoms. The molecule has 4 aromatic rings. The molecule has 0 N–H and O–H groups in total. The molecule has 0 aliphatic heterocycles. The van der Waals surface area contributed by atoms with E-state index in [1.807, 2.05) is 72.8 Å². The van der Waals surface area contributed by atoms with Crippen LogP contribution in [0.1, 0.15) is 22.3 Å². The number of rotatable bonds is 1. The van der Waals surface area contributed by atoms with Crippen LogP contribution >= 0.6 is 31.9 Å². The minimum atomic E-state index is 0.965. The summed E-state index contributed by atoms with van der Waals surface area (Å²) in [5.41, 5.74) is 6.05. The number of hydrogen-bond donors (Lipinski definition) is 0. The van der Waals surface area contributed by atoms with Gasteiger partial charge in [-0.1, -0.05) is 91.9 Å². The largest absolute Gasteiger partial charge is 0.0622 e. The summed E-state index contributed by atoms with van der Waals surface area (Å²) in [7, 11) is 0. The zero-order chi connectivity index (χ0) is 20.8. The lowest BCUT2D eigenvalue weighted by Crippen LogP contribution is -1.90. The van der Waals surface area contributed by atoms with Crippen molar-refractivity contribution in [2.45, 2.75) is 0 Å². The van der Waals surface area contributed by atoms with Gasteiger partial charge in [0.05, 0.1) is 0 Å². The van der Waals surface area contributed by atoms with Crippen molar-refractivity contribution < 1.29 is 0 Å². The average molecular weight is 512 g/mol. The second-order valence-electron chi connectivity index (χ2n) is 6.61. The standard InChI is InChI=1S/C28H16Br2/c29-26-17-11-21(12-18-26)9-15-24-7-4-8-25(28(24)23-5-2-1-3-6-23)16-10-22-13-19-27(30)20-14-22/h1-8,11-14,17-20H. The maximum atomic E-state index is 3.47. The van der Waals surface area contributed by atoms with E-state index >= 15 is 0 Å². The molecular weight excluding hydrogens is 496 g/mol. The van der Waals surface area contributed by atoms with Gasteiger partial charge < -0.3 is 0 Å². The van der Waals surface area contributed by atoms with Crippen LogP contribution < -0.4 is 0 Å². The highest BCUT2D eigenvalue weighted by molar-refractivity contribution is 9.10. The molecule has 0 aliphatic carbocycles. The molecule has 0 heterocycles. The zero-order valence-electron chi connectivity index (χ0n) is 16.0. The third-order valence-corrected chi connectivity index (χ3v) is 5.56. The van der Waals surface area contributed by atoms with E-state index in [1.165, 1.54) is 0 Å². The summed E-state index contributed by atoms with van der Waals surface area (Å²) in [6, 6.07) is 32.5. The summed E-state index contributed by atoms with van der Waals surface area (Å²) >= 11 is 6.94. The van der Waals surface area contributed by atoms with E-state index < -0.39 is 0 Å². The molecule has 0 fully saturated rings. The van der Waals surface area contributed by atoms with Crippen LogP contribution in [0.4, 0.5) is 0 Å². The zero-order valence-corrected chi connectivity index (χ0v) is 19.2. The minimum absolute atomic E-state index is 0.965. The van der Waals surface area contributed by atoms with E-state index in [9.17, 15) is 0 Å². The van der Waals surface area contributed by atoms with Gasteiger partial charge in [0, 0.05) is 36.8 Å². The van der Waals surface area contributed by atoms with Gasteiger partial charge in [-0.3, -0.25) is 0 Å². The van der Waals surface area contributed by atoms with Crippen LogP contribution in [0.15, 0.2) is 106 Å². The van der Waals surface area contributed by atoms with Crippen LogP contribution in [0.2, 0.25) is 0 Å². The molecule has 0 aromatic heterocycles. The van der Waals surface area contributed by atoms with Crippen molar-refractivity contribution in [2.24, 2.45) is 0 Å². The van der Waals surface area contributed by atoms with Gasteiger partial charge in [0.15, 0.2) is 0 Å². The quantitative estimate of drug-likeness (QED) is 0.230. The Hall–Kier alpha value is -3.04. The van der Waals surface area contributed by atoms with Gasteiger partial charge in [0.1, 0.15) is 0 Å². The maximum absolute atomic E-state index is 3.47. The number of halogens is 2. The molecule has 4 rings (SSSR count). The van der Waals surface area contributed by atoms with Crippen molar-refractivity contribution in [1.29, 1.82) is 0 Å². The number of benzene rings is 4. The Morgan fingerprint density at radius 1 is 0.433 bits per heavy atom. The third-order valence-electron chi connectivity index (χ3n) is 4.50. The normalized spacial score (nSPS) is 9.80. The van der Waals surface area contributed by atoms with Crippen molar-refractivity contribution in [2.75, 3.05) is 0 Å². The second kappa shape index (κ2) is 9.64. The Kier molecular flexibility index (Phi) is 6.50. The van der Waals surface area contributed by atoms with Crippen molar-refractivity contribution in [3.63, 3.8) is 0 Å². The average Bonchev–Trinajstić information content (AvgIpc) is 2.79. The van der Waals surface area contributed by atoms with Crippen LogP contribution in [-0.2, 0) is 0 Å². The van der Waals surface area contributed by atoms with Gasteiger partial charge in [-0.2, -0.15) is 0 Å². The van der Waals surface area contributed by atoms with Crippen molar-refractivity contribution in [3.8, 4) is 34.8 Å². The first-order chi connectivity index (χ1) is 14.7. The lowest BCUT2D eigenvalue weighted by atomic mass is 9.94. The molecule has 0 saturated heterocycles. The van der Waals surface area contributed by atoms with Crippen molar-refractivity contribution in [3.05, 3.63) is 128 Å². The highest BCUT2D eigenvalue weighted by Crippen LogP contribution is 2.27. The van der Waals surface area contributed by atoms with Gasteiger partial charge >= 0.3 is 0 Å². The molecular formula is C28H16Br2. The summed E-state index contributed by atoms with van der Waals surface area (Å²) in [4.78, 5) is 0. The van der Waals surface area contributed by atoms with Crippen molar-refractivity contribution >= 4 is 31.9 Å². The predicted molar refractivity (Wildman–Crippen MR) is 132 cm³/mol. The molecule has 30 heavy (non-hydrogen) atoms. The molecule has 0 unspecified atom stereocenters. The molecule has 0 aliphatic rings. The van der Waals surface area contributed by atoms with Crippen LogP contribution in [0.3, 0.4) is 0 Å². The molecule has 0 radical (unpaired) electrons. The molecule has 142 valence electrons.